The minimum absolute atomic E-state index is 0.197. The molecule has 0 saturated heterocycles. The summed E-state index contributed by atoms with van der Waals surface area (Å²) in [5.74, 6) is -0.197. The van der Waals surface area contributed by atoms with E-state index in [1.54, 1.807) is 6.07 Å². The van der Waals surface area contributed by atoms with Gasteiger partial charge in [-0.15, -0.1) is 0 Å². The molecule has 0 spiro atoms. The lowest BCUT2D eigenvalue weighted by molar-refractivity contribution is 0.603. The zero-order valence-electron chi connectivity index (χ0n) is 10.0. The molecule has 1 heteroatoms. The van der Waals surface area contributed by atoms with Crippen molar-refractivity contribution in [2.45, 2.75) is 45.4 Å². The van der Waals surface area contributed by atoms with Crippen LogP contribution in [-0.4, -0.2) is 0 Å². The number of aryl methyl sites for hydroxylation is 1. The third kappa shape index (κ3) is 5.11. The summed E-state index contributed by atoms with van der Waals surface area (Å²) in [5.41, 5.74) is 0.782. The van der Waals surface area contributed by atoms with Crippen molar-refractivity contribution >= 4 is 0 Å². The van der Waals surface area contributed by atoms with Crippen molar-refractivity contribution in [2.75, 3.05) is 0 Å². The molecule has 16 heavy (non-hydrogen) atoms. The van der Waals surface area contributed by atoms with Crippen LogP contribution in [0.4, 0.5) is 4.39 Å². The maximum atomic E-state index is 13.2. The van der Waals surface area contributed by atoms with Gasteiger partial charge < -0.3 is 0 Å². The molecule has 0 amide bonds. The summed E-state index contributed by atoms with van der Waals surface area (Å²) in [5, 5.41) is 0. The van der Waals surface area contributed by atoms with E-state index in [1.165, 1.54) is 19.3 Å². The molecule has 0 aliphatic carbocycles. The van der Waals surface area contributed by atoms with E-state index < -0.39 is 0 Å². The van der Waals surface area contributed by atoms with Crippen LogP contribution in [-0.2, 0) is 6.42 Å². The van der Waals surface area contributed by atoms with Gasteiger partial charge in [0, 0.05) is 6.07 Å². The largest absolute Gasteiger partial charge is 0.206 e. The van der Waals surface area contributed by atoms with Crippen LogP contribution in [0.2, 0.25) is 0 Å². The average Bonchev–Trinajstić information content (AvgIpc) is 2.30. The van der Waals surface area contributed by atoms with Gasteiger partial charge in [-0.2, -0.15) is 0 Å². The van der Waals surface area contributed by atoms with Gasteiger partial charge in [0.25, 0.3) is 0 Å². The summed E-state index contributed by atoms with van der Waals surface area (Å²) in [4.78, 5) is 0. The van der Waals surface area contributed by atoms with Crippen molar-refractivity contribution in [3.63, 3.8) is 0 Å². The molecule has 1 rings (SSSR count). The van der Waals surface area contributed by atoms with E-state index in [-0.39, 0.29) is 5.82 Å². The Hall–Kier alpha value is -1.11. The Morgan fingerprint density at radius 1 is 1.25 bits per heavy atom. The van der Waals surface area contributed by atoms with E-state index in [9.17, 15) is 4.39 Å². The maximum Gasteiger partial charge on any atom is 0.134 e. The van der Waals surface area contributed by atoms with Gasteiger partial charge >= 0.3 is 0 Å². The van der Waals surface area contributed by atoms with Crippen LogP contribution in [0.5, 0.6) is 0 Å². The van der Waals surface area contributed by atoms with E-state index >= 15 is 0 Å². The highest BCUT2D eigenvalue weighted by molar-refractivity contribution is 5.16. The quantitative estimate of drug-likeness (QED) is 0.461. The third-order valence-electron chi connectivity index (χ3n) is 2.59. The highest BCUT2D eigenvalue weighted by Gasteiger charge is 1.98. The number of hydrogen-bond acceptors (Lipinski definition) is 0. The predicted octanol–water partition coefficient (Wildman–Crippen LogP) is 4.69. The zero-order chi connectivity index (χ0) is 11.6. The van der Waals surface area contributed by atoms with Crippen LogP contribution in [0.15, 0.2) is 30.4 Å². The second-order valence-corrected chi connectivity index (χ2v) is 4.02. The normalized spacial score (nSPS) is 11.1. The van der Waals surface area contributed by atoms with Crippen LogP contribution < -0.4 is 0 Å². The standard InChI is InChI=1S/C15H20F/c1-2-3-4-5-6-7-8-11-14-12-9-10-13-15(14)16/h5-6,9-10,12H,2-4,7-8,11H2,1H3. The highest BCUT2D eigenvalue weighted by atomic mass is 19.1. The van der Waals surface area contributed by atoms with Gasteiger partial charge in [0.2, 0.25) is 0 Å². The summed E-state index contributed by atoms with van der Waals surface area (Å²) < 4.78 is 13.2. The summed E-state index contributed by atoms with van der Waals surface area (Å²) in [7, 11) is 0. The maximum absolute atomic E-state index is 13.2. The van der Waals surface area contributed by atoms with Gasteiger partial charge in [0.1, 0.15) is 5.82 Å². The van der Waals surface area contributed by atoms with Crippen LogP contribution in [0, 0.1) is 11.9 Å². The van der Waals surface area contributed by atoms with Gasteiger partial charge in [-0.1, -0.05) is 50.1 Å². The van der Waals surface area contributed by atoms with Gasteiger partial charge in [-0.3, -0.25) is 0 Å². The zero-order valence-corrected chi connectivity index (χ0v) is 10.0. The molecule has 87 valence electrons. The molecule has 0 aromatic heterocycles. The Kier molecular flexibility index (Phi) is 6.55. The first-order chi connectivity index (χ1) is 7.84. The number of rotatable bonds is 7. The molecule has 0 saturated carbocycles. The second-order valence-electron chi connectivity index (χ2n) is 4.02. The minimum Gasteiger partial charge on any atom is -0.206 e. The minimum atomic E-state index is -0.197. The van der Waals surface area contributed by atoms with Gasteiger partial charge in [-0.25, -0.2) is 4.39 Å². The van der Waals surface area contributed by atoms with Crippen molar-refractivity contribution in [3.8, 4) is 0 Å². The number of allylic oxidation sites excluding steroid dienone is 2. The smallest absolute Gasteiger partial charge is 0.134 e. The molecule has 0 N–H and O–H groups in total. The van der Waals surface area contributed by atoms with E-state index in [1.807, 2.05) is 12.1 Å². The monoisotopic (exact) mass is 219 g/mol. The van der Waals surface area contributed by atoms with Crippen LogP contribution in [0.1, 0.15) is 44.6 Å². The molecule has 0 heterocycles. The molecule has 1 aromatic carbocycles. The second kappa shape index (κ2) is 8.09. The number of halogens is 1. The topological polar surface area (TPSA) is 0 Å². The summed E-state index contributed by atoms with van der Waals surface area (Å²) >= 11 is 0. The summed E-state index contributed by atoms with van der Waals surface area (Å²) in [6.45, 7) is 2.20. The fraction of sp³-hybridized carbons (Fsp3) is 0.467. The lowest BCUT2D eigenvalue weighted by Gasteiger charge is -2.00. The van der Waals surface area contributed by atoms with Crippen molar-refractivity contribution < 1.29 is 4.39 Å². The Labute approximate surface area is 98.2 Å². The molecule has 0 aliphatic rings. The SMILES string of the molecule is CCCCC=CCCCc1ccc[c]c1F. The van der Waals surface area contributed by atoms with Gasteiger partial charge in [0.05, 0.1) is 0 Å². The fourth-order valence-electron chi connectivity index (χ4n) is 1.61. The number of unbranched alkanes of at least 4 members (excludes halogenated alkanes) is 3. The highest BCUT2D eigenvalue weighted by Crippen LogP contribution is 2.10. The number of hydrogen-bond donors (Lipinski definition) is 0. The van der Waals surface area contributed by atoms with Crippen molar-refractivity contribution in [2.24, 2.45) is 0 Å². The van der Waals surface area contributed by atoms with Crippen molar-refractivity contribution in [1.82, 2.24) is 0 Å². The first-order valence-corrected chi connectivity index (χ1v) is 6.14. The van der Waals surface area contributed by atoms with E-state index in [2.05, 4.69) is 25.1 Å². The molecule has 1 aromatic rings. The molecule has 0 fully saturated rings. The Morgan fingerprint density at radius 2 is 2.00 bits per heavy atom. The molecule has 0 bridgehead atoms. The lowest BCUT2D eigenvalue weighted by atomic mass is 10.1. The van der Waals surface area contributed by atoms with E-state index in [4.69, 9.17) is 0 Å². The van der Waals surface area contributed by atoms with Gasteiger partial charge in [0.15, 0.2) is 0 Å². The average molecular weight is 219 g/mol. The first kappa shape index (κ1) is 13.0. The van der Waals surface area contributed by atoms with Crippen LogP contribution in [0.3, 0.4) is 0 Å². The van der Waals surface area contributed by atoms with E-state index in [0.717, 1.165) is 24.8 Å². The molecule has 1 radical (unpaired) electrons. The Morgan fingerprint density at radius 3 is 2.69 bits per heavy atom. The lowest BCUT2D eigenvalue weighted by Crippen LogP contribution is -1.89. The first-order valence-electron chi connectivity index (χ1n) is 6.14. The van der Waals surface area contributed by atoms with Crippen LogP contribution in [0.25, 0.3) is 0 Å². The predicted molar refractivity (Wildman–Crippen MR) is 66.8 cm³/mol. The Bertz CT molecular complexity index is 315. The van der Waals surface area contributed by atoms with E-state index in [0.29, 0.717) is 0 Å². The molecule has 0 atom stereocenters. The van der Waals surface area contributed by atoms with Crippen molar-refractivity contribution in [3.05, 3.63) is 47.8 Å². The van der Waals surface area contributed by atoms with Crippen LogP contribution >= 0.6 is 0 Å². The fourth-order valence-corrected chi connectivity index (χ4v) is 1.61. The molecular formula is C15H20F. The third-order valence-corrected chi connectivity index (χ3v) is 2.59. The van der Waals surface area contributed by atoms with Gasteiger partial charge in [-0.05, 0) is 31.2 Å². The summed E-state index contributed by atoms with van der Waals surface area (Å²) in [6.07, 6.45) is 11.0. The number of benzene rings is 1. The molecule has 0 unspecified atom stereocenters. The molecule has 0 aliphatic heterocycles. The Balaban J connectivity index is 2.16. The van der Waals surface area contributed by atoms with Crippen molar-refractivity contribution in [1.29, 1.82) is 0 Å². The summed E-state index contributed by atoms with van der Waals surface area (Å²) in [6, 6.07) is 7.88. The molecule has 0 nitrogen and oxygen atoms in total. The molecular weight excluding hydrogens is 199 g/mol.